The number of hydrogen-bond donors (Lipinski definition) is 2. The molecule has 1 aliphatic heterocycles. The molecule has 3 rings (SSSR count). The summed E-state index contributed by atoms with van der Waals surface area (Å²) >= 11 is 0. The number of rotatable bonds is 5. The second-order valence-electron chi connectivity index (χ2n) is 6.91. The second-order valence-corrected chi connectivity index (χ2v) is 6.91. The quantitative estimate of drug-likeness (QED) is 0.641. The summed E-state index contributed by atoms with van der Waals surface area (Å²) in [5.74, 6) is 0.430. The number of hydrogen-bond acceptors (Lipinski definition) is 3. The van der Waals surface area contributed by atoms with Gasteiger partial charge in [-0.15, -0.1) is 0 Å². The molecular weight excluding hydrogens is 324 g/mol. The summed E-state index contributed by atoms with van der Waals surface area (Å²) in [5.41, 5.74) is 9.48. The summed E-state index contributed by atoms with van der Waals surface area (Å²) in [5, 5.41) is 3.13. The lowest BCUT2D eigenvalue weighted by molar-refractivity contribution is -0.0705. The molecule has 2 aromatic rings. The van der Waals surface area contributed by atoms with Gasteiger partial charge in [-0.25, -0.2) is 4.99 Å². The normalized spacial score (nSPS) is 21.5. The number of aliphatic imine (C=N–C) groups is 1. The van der Waals surface area contributed by atoms with Crippen LogP contribution in [0.4, 0.5) is 5.69 Å². The van der Waals surface area contributed by atoms with Crippen molar-refractivity contribution < 1.29 is 4.74 Å². The van der Waals surface area contributed by atoms with Crippen molar-refractivity contribution in [2.75, 3.05) is 18.4 Å². The monoisotopic (exact) mass is 352 g/mol. The Bertz CT molecular complexity index is 722. The molecule has 0 bridgehead atoms. The summed E-state index contributed by atoms with van der Waals surface area (Å²) < 4.78 is 5.83. The number of morpholine rings is 1. The Balaban J connectivity index is 1.64. The highest BCUT2D eigenvalue weighted by Gasteiger charge is 2.22. The van der Waals surface area contributed by atoms with Crippen molar-refractivity contribution >= 4 is 11.6 Å². The molecule has 2 aromatic carbocycles. The topological polar surface area (TPSA) is 62.9 Å². The van der Waals surface area contributed by atoms with Gasteiger partial charge >= 0.3 is 0 Å². The van der Waals surface area contributed by atoms with Crippen molar-refractivity contribution in [2.24, 2.45) is 10.7 Å². The van der Waals surface area contributed by atoms with Crippen LogP contribution in [0.2, 0.25) is 0 Å². The van der Waals surface area contributed by atoms with Crippen LogP contribution in [0.1, 0.15) is 25.0 Å². The Morgan fingerprint density at radius 2 is 1.65 bits per heavy atom. The van der Waals surface area contributed by atoms with E-state index in [1.807, 2.05) is 30.3 Å². The van der Waals surface area contributed by atoms with E-state index in [9.17, 15) is 0 Å². The SMILES string of the molecule is CC1CN(Cc2ccccc2CN=C(N)Nc2ccccc2)CC(C)O1. The third kappa shape index (κ3) is 5.31. The van der Waals surface area contributed by atoms with Gasteiger partial charge in [0.25, 0.3) is 0 Å². The van der Waals surface area contributed by atoms with Gasteiger partial charge in [0.2, 0.25) is 0 Å². The average Bonchev–Trinajstić information content (AvgIpc) is 2.61. The molecule has 0 aliphatic carbocycles. The first kappa shape index (κ1) is 18.4. The molecule has 138 valence electrons. The van der Waals surface area contributed by atoms with Gasteiger partial charge in [0.05, 0.1) is 18.8 Å². The number of ether oxygens (including phenoxy) is 1. The molecular formula is C21H28N4O. The van der Waals surface area contributed by atoms with Gasteiger partial charge in [-0.05, 0) is 37.1 Å². The molecule has 26 heavy (non-hydrogen) atoms. The molecule has 1 heterocycles. The van der Waals surface area contributed by atoms with Gasteiger partial charge < -0.3 is 15.8 Å². The van der Waals surface area contributed by atoms with Gasteiger partial charge in [-0.2, -0.15) is 0 Å². The third-order valence-electron chi connectivity index (χ3n) is 4.47. The maximum Gasteiger partial charge on any atom is 0.193 e. The van der Waals surface area contributed by atoms with Crippen LogP contribution in [-0.2, 0) is 17.8 Å². The molecule has 0 radical (unpaired) electrons. The molecule has 1 fully saturated rings. The van der Waals surface area contributed by atoms with Crippen molar-refractivity contribution in [1.29, 1.82) is 0 Å². The van der Waals surface area contributed by atoms with Gasteiger partial charge in [-0.1, -0.05) is 42.5 Å². The highest BCUT2D eigenvalue weighted by Crippen LogP contribution is 2.17. The van der Waals surface area contributed by atoms with E-state index in [0.29, 0.717) is 12.5 Å². The molecule has 5 nitrogen and oxygen atoms in total. The van der Waals surface area contributed by atoms with Crippen LogP contribution in [0.5, 0.6) is 0 Å². The number of nitrogens with zero attached hydrogens (tertiary/aromatic N) is 2. The van der Waals surface area contributed by atoms with Crippen LogP contribution >= 0.6 is 0 Å². The Kier molecular flexibility index (Phi) is 6.26. The van der Waals surface area contributed by atoms with E-state index in [-0.39, 0.29) is 12.2 Å². The third-order valence-corrected chi connectivity index (χ3v) is 4.47. The van der Waals surface area contributed by atoms with Gasteiger partial charge in [0.15, 0.2) is 5.96 Å². The first-order chi connectivity index (χ1) is 12.6. The standard InChI is InChI=1S/C21H28N4O/c1-16-13-25(14-17(2)26-16)15-19-9-7-6-8-18(19)12-23-21(22)24-20-10-4-3-5-11-20/h3-11,16-17H,12-15H2,1-2H3,(H3,22,23,24). The fourth-order valence-corrected chi connectivity index (χ4v) is 3.40. The number of anilines is 1. The number of nitrogens with two attached hydrogens (primary N) is 1. The molecule has 0 aromatic heterocycles. The van der Waals surface area contributed by atoms with Crippen LogP contribution < -0.4 is 11.1 Å². The minimum absolute atomic E-state index is 0.273. The van der Waals surface area contributed by atoms with Crippen LogP contribution in [0.15, 0.2) is 59.6 Å². The summed E-state index contributed by atoms with van der Waals surface area (Å²) in [6.45, 7) is 7.66. The molecule has 0 saturated carbocycles. The minimum Gasteiger partial charge on any atom is -0.373 e. The van der Waals surface area contributed by atoms with E-state index in [0.717, 1.165) is 25.3 Å². The van der Waals surface area contributed by atoms with E-state index >= 15 is 0 Å². The maximum absolute atomic E-state index is 6.04. The lowest BCUT2D eigenvalue weighted by Gasteiger charge is -2.35. The summed E-state index contributed by atoms with van der Waals surface area (Å²) in [6, 6.07) is 18.3. The summed E-state index contributed by atoms with van der Waals surface area (Å²) in [6.07, 6.45) is 0.546. The van der Waals surface area contributed by atoms with Crippen LogP contribution in [-0.4, -0.2) is 36.2 Å². The van der Waals surface area contributed by atoms with Crippen molar-refractivity contribution in [3.63, 3.8) is 0 Å². The van der Waals surface area contributed by atoms with E-state index in [1.54, 1.807) is 0 Å². The van der Waals surface area contributed by atoms with Crippen molar-refractivity contribution in [2.45, 2.75) is 39.1 Å². The van der Waals surface area contributed by atoms with Crippen LogP contribution in [0.25, 0.3) is 0 Å². The molecule has 3 N–H and O–H groups in total. The number of nitrogens with one attached hydrogen (secondary N) is 1. The number of benzene rings is 2. The van der Waals surface area contributed by atoms with Crippen LogP contribution in [0, 0.1) is 0 Å². The zero-order valence-electron chi connectivity index (χ0n) is 15.6. The number of para-hydroxylation sites is 1. The largest absolute Gasteiger partial charge is 0.373 e. The zero-order chi connectivity index (χ0) is 18.4. The highest BCUT2D eigenvalue weighted by molar-refractivity contribution is 5.92. The Morgan fingerprint density at radius 3 is 2.35 bits per heavy atom. The Labute approximate surface area is 155 Å². The summed E-state index contributed by atoms with van der Waals surface area (Å²) in [7, 11) is 0. The second kappa shape index (κ2) is 8.83. The Hall–Kier alpha value is -2.37. The maximum atomic E-state index is 6.04. The van der Waals surface area contributed by atoms with Gasteiger partial charge in [0.1, 0.15) is 0 Å². The van der Waals surface area contributed by atoms with Crippen molar-refractivity contribution in [3.05, 3.63) is 65.7 Å². The number of guanidine groups is 1. The zero-order valence-corrected chi connectivity index (χ0v) is 15.6. The average molecular weight is 352 g/mol. The van der Waals surface area contributed by atoms with Gasteiger partial charge in [0, 0.05) is 25.3 Å². The van der Waals surface area contributed by atoms with E-state index < -0.39 is 0 Å². The predicted octanol–water partition coefficient (Wildman–Crippen LogP) is 3.22. The van der Waals surface area contributed by atoms with Gasteiger partial charge in [-0.3, -0.25) is 4.90 Å². The lowest BCUT2D eigenvalue weighted by atomic mass is 10.1. The first-order valence-corrected chi connectivity index (χ1v) is 9.16. The fraction of sp³-hybridized carbons (Fsp3) is 0.381. The molecule has 0 spiro atoms. The lowest BCUT2D eigenvalue weighted by Crippen LogP contribution is -2.44. The minimum atomic E-state index is 0.273. The molecule has 1 aliphatic rings. The smallest absolute Gasteiger partial charge is 0.193 e. The highest BCUT2D eigenvalue weighted by atomic mass is 16.5. The predicted molar refractivity (Wildman–Crippen MR) is 107 cm³/mol. The van der Waals surface area contributed by atoms with E-state index in [4.69, 9.17) is 10.5 Å². The molecule has 2 unspecified atom stereocenters. The van der Waals surface area contributed by atoms with Crippen molar-refractivity contribution in [3.8, 4) is 0 Å². The Morgan fingerprint density at radius 1 is 1.04 bits per heavy atom. The molecule has 1 saturated heterocycles. The molecule has 0 amide bonds. The molecule has 5 heteroatoms. The first-order valence-electron chi connectivity index (χ1n) is 9.16. The molecule has 2 atom stereocenters. The summed E-state index contributed by atoms with van der Waals surface area (Å²) in [4.78, 5) is 6.96. The van der Waals surface area contributed by atoms with Crippen molar-refractivity contribution in [1.82, 2.24) is 4.90 Å². The fourth-order valence-electron chi connectivity index (χ4n) is 3.40. The van der Waals surface area contributed by atoms with Crippen LogP contribution in [0.3, 0.4) is 0 Å². The van der Waals surface area contributed by atoms with E-state index in [1.165, 1.54) is 11.1 Å². The van der Waals surface area contributed by atoms with E-state index in [2.05, 4.69) is 53.3 Å².